The van der Waals surface area contributed by atoms with E-state index in [0.717, 1.165) is 21.8 Å². The van der Waals surface area contributed by atoms with Crippen LogP contribution < -0.4 is 4.90 Å². The average Bonchev–Trinajstić information content (AvgIpc) is 2.72. The molecule has 0 atom stereocenters. The van der Waals surface area contributed by atoms with Gasteiger partial charge in [-0.3, -0.25) is 4.90 Å². The Bertz CT molecular complexity index is 1190. The van der Waals surface area contributed by atoms with Crippen molar-refractivity contribution in [1.29, 1.82) is 0 Å². The fraction of sp³-hybridized carbons (Fsp3) is 0.0870. The number of nitrogens with zero attached hydrogens (tertiary/aromatic N) is 1. The van der Waals surface area contributed by atoms with E-state index in [4.69, 9.17) is 17.0 Å². The van der Waals surface area contributed by atoms with Gasteiger partial charge < -0.3 is 14.9 Å². The summed E-state index contributed by atoms with van der Waals surface area (Å²) in [4.78, 5) is 1.73. The molecule has 0 saturated carbocycles. The van der Waals surface area contributed by atoms with Crippen LogP contribution in [0.2, 0.25) is 0 Å². The van der Waals surface area contributed by atoms with Crippen LogP contribution in [-0.2, 0) is 4.74 Å². The summed E-state index contributed by atoms with van der Waals surface area (Å²) >= 11 is 5.59. The first kappa shape index (κ1) is 18.1. The molecule has 4 nitrogen and oxygen atoms in total. The first-order valence-electron chi connectivity index (χ1n) is 9.00. The minimum Gasteiger partial charge on any atom is -0.507 e. The smallest absolute Gasteiger partial charge is 0.268 e. The Balaban J connectivity index is 2.06. The van der Waals surface area contributed by atoms with Crippen LogP contribution in [0.3, 0.4) is 0 Å². The molecule has 0 aromatic heterocycles. The van der Waals surface area contributed by atoms with Gasteiger partial charge in [0, 0.05) is 16.2 Å². The van der Waals surface area contributed by atoms with Crippen LogP contribution >= 0.6 is 12.2 Å². The summed E-state index contributed by atoms with van der Waals surface area (Å²) in [6.45, 7) is 2.26. The van der Waals surface area contributed by atoms with Crippen molar-refractivity contribution >= 4 is 50.3 Å². The monoisotopic (exact) mass is 389 g/mol. The van der Waals surface area contributed by atoms with E-state index in [2.05, 4.69) is 0 Å². The fourth-order valence-corrected chi connectivity index (χ4v) is 3.75. The lowest BCUT2D eigenvalue weighted by Crippen LogP contribution is -2.27. The van der Waals surface area contributed by atoms with Crippen LogP contribution in [0.15, 0.2) is 72.8 Å². The normalized spacial score (nSPS) is 10.9. The maximum atomic E-state index is 10.8. The van der Waals surface area contributed by atoms with E-state index in [1.54, 1.807) is 23.1 Å². The number of thiocarbonyl (C=S) groups is 1. The van der Waals surface area contributed by atoms with E-state index in [1.807, 2.05) is 61.5 Å². The molecule has 0 fully saturated rings. The van der Waals surface area contributed by atoms with E-state index in [0.29, 0.717) is 17.7 Å². The van der Waals surface area contributed by atoms with Crippen LogP contribution in [0, 0.1) is 0 Å². The molecular formula is C23H19NO3S. The van der Waals surface area contributed by atoms with E-state index in [1.165, 1.54) is 0 Å². The van der Waals surface area contributed by atoms with Gasteiger partial charge in [0.2, 0.25) is 0 Å². The maximum Gasteiger partial charge on any atom is 0.268 e. The minimum atomic E-state index is 0.0953. The summed E-state index contributed by atoms with van der Waals surface area (Å²) in [6.07, 6.45) is 0. The molecule has 0 radical (unpaired) electrons. The van der Waals surface area contributed by atoms with Gasteiger partial charge in [-0.15, -0.1) is 0 Å². The number of fused-ring (bicyclic) bond motifs is 2. The second kappa shape index (κ2) is 7.37. The van der Waals surface area contributed by atoms with Gasteiger partial charge >= 0.3 is 0 Å². The van der Waals surface area contributed by atoms with Crippen LogP contribution in [0.25, 0.3) is 21.5 Å². The molecule has 0 unspecified atom stereocenters. The minimum absolute atomic E-state index is 0.0953. The number of phenolic OH excluding ortho intramolecular Hbond substituents is 2. The summed E-state index contributed by atoms with van der Waals surface area (Å²) in [5.74, 6) is 0.279. The van der Waals surface area contributed by atoms with Crippen molar-refractivity contribution in [3.63, 3.8) is 0 Å². The number of rotatable bonds is 3. The molecular weight excluding hydrogens is 370 g/mol. The Labute approximate surface area is 168 Å². The maximum absolute atomic E-state index is 10.8. The van der Waals surface area contributed by atoms with E-state index in [9.17, 15) is 10.2 Å². The lowest BCUT2D eigenvalue weighted by Gasteiger charge is -2.28. The van der Waals surface area contributed by atoms with Crippen molar-refractivity contribution in [2.24, 2.45) is 0 Å². The topological polar surface area (TPSA) is 52.9 Å². The van der Waals surface area contributed by atoms with Gasteiger partial charge in [-0.25, -0.2) is 0 Å². The summed E-state index contributed by atoms with van der Waals surface area (Å²) in [7, 11) is 0. The Morgan fingerprint density at radius 2 is 1.46 bits per heavy atom. The third-order valence-electron chi connectivity index (χ3n) is 4.67. The second-order valence-electron chi connectivity index (χ2n) is 6.34. The van der Waals surface area contributed by atoms with Crippen molar-refractivity contribution in [2.45, 2.75) is 6.92 Å². The zero-order chi connectivity index (χ0) is 19.7. The molecule has 2 N–H and O–H groups in total. The third-order valence-corrected chi connectivity index (χ3v) is 4.97. The molecule has 4 aromatic rings. The third kappa shape index (κ3) is 3.00. The standard InChI is InChI=1S/C23H19NO3S/c1-2-27-23(28)24(19-12-14-20(25)18-10-6-5-9-17(18)19)22-16-8-4-3-7-15(16)11-13-21(22)26/h3-14,25-26H,2H2,1H3. The number of phenols is 2. The molecule has 0 amide bonds. The Morgan fingerprint density at radius 1 is 0.821 bits per heavy atom. The summed E-state index contributed by atoms with van der Waals surface area (Å²) in [5.41, 5.74) is 1.27. The molecule has 0 spiro atoms. The first-order valence-corrected chi connectivity index (χ1v) is 9.41. The highest BCUT2D eigenvalue weighted by atomic mass is 32.1. The highest BCUT2D eigenvalue weighted by Gasteiger charge is 2.24. The molecule has 140 valence electrons. The van der Waals surface area contributed by atoms with Crippen molar-refractivity contribution in [3.8, 4) is 11.5 Å². The van der Waals surface area contributed by atoms with Gasteiger partial charge in [0.25, 0.3) is 5.17 Å². The number of hydrogen-bond donors (Lipinski definition) is 2. The number of ether oxygens (including phenoxy) is 1. The van der Waals surface area contributed by atoms with E-state index in [-0.39, 0.29) is 16.7 Å². The number of aromatic hydroxyl groups is 2. The van der Waals surface area contributed by atoms with Crippen LogP contribution in [0.5, 0.6) is 11.5 Å². The number of benzene rings is 4. The Hall–Kier alpha value is -3.31. The van der Waals surface area contributed by atoms with Crippen LogP contribution in [-0.4, -0.2) is 22.0 Å². The van der Waals surface area contributed by atoms with Crippen LogP contribution in [0.4, 0.5) is 11.4 Å². The average molecular weight is 389 g/mol. The molecule has 0 aliphatic heterocycles. The zero-order valence-electron chi connectivity index (χ0n) is 15.3. The van der Waals surface area contributed by atoms with Gasteiger partial charge in [0.05, 0.1) is 18.0 Å². The van der Waals surface area contributed by atoms with Gasteiger partial charge in [-0.2, -0.15) is 0 Å². The van der Waals surface area contributed by atoms with Crippen LogP contribution in [0.1, 0.15) is 6.92 Å². The summed E-state index contributed by atoms with van der Waals surface area (Å²) in [5, 5.41) is 24.6. The van der Waals surface area contributed by atoms with Gasteiger partial charge in [0.15, 0.2) is 0 Å². The predicted octanol–water partition coefficient (Wildman–Crippen LogP) is 5.86. The molecule has 0 heterocycles. The lowest BCUT2D eigenvalue weighted by atomic mass is 10.0. The first-order chi connectivity index (χ1) is 13.6. The molecule has 0 bridgehead atoms. The molecule has 28 heavy (non-hydrogen) atoms. The number of anilines is 2. The van der Waals surface area contributed by atoms with Gasteiger partial charge in [-0.05, 0) is 42.7 Å². The van der Waals surface area contributed by atoms with Crippen molar-refractivity contribution in [3.05, 3.63) is 72.8 Å². The van der Waals surface area contributed by atoms with Crippen molar-refractivity contribution in [1.82, 2.24) is 0 Å². The van der Waals surface area contributed by atoms with Crippen molar-refractivity contribution in [2.75, 3.05) is 11.5 Å². The Kier molecular flexibility index (Phi) is 4.75. The summed E-state index contributed by atoms with van der Waals surface area (Å²) < 4.78 is 5.68. The van der Waals surface area contributed by atoms with E-state index >= 15 is 0 Å². The highest BCUT2D eigenvalue weighted by Crippen LogP contribution is 2.43. The quantitative estimate of drug-likeness (QED) is 0.430. The predicted molar refractivity (Wildman–Crippen MR) is 118 cm³/mol. The molecule has 5 heteroatoms. The van der Waals surface area contributed by atoms with Crippen molar-refractivity contribution < 1.29 is 14.9 Å². The largest absolute Gasteiger partial charge is 0.507 e. The molecule has 4 rings (SSSR count). The van der Waals surface area contributed by atoms with Gasteiger partial charge in [-0.1, -0.05) is 54.6 Å². The molecule has 4 aromatic carbocycles. The Morgan fingerprint density at radius 3 is 2.21 bits per heavy atom. The van der Waals surface area contributed by atoms with E-state index < -0.39 is 0 Å². The highest BCUT2D eigenvalue weighted by molar-refractivity contribution is 7.80. The SMILES string of the molecule is CCOC(=S)N(c1c(O)ccc2ccccc12)c1ccc(O)c2ccccc12. The fourth-order valence-electron chi connectivity index (χ4n) is 3.44. The molecule has 0 aliphatic carbocycles. The lowest BCUT2D eigenvalue weighted by molar-refractivity contribution is 0.330. The molecule has 0 saturated heterocycles. The van der Waals surface area contributed by atoms with Gasteiger partial charge in [0.1, 0.15) is 11.5 Å². The second-order valence-corrected chi connectivity index (χ2v) is 6.69. The zero-order valence-corrected chi connectivity index (χ0v) is 16.1. The number of hydrogen-bond acceptors (Lipinski definition) is 4. The summed E-state index contributed by atoms with van der Waals surface area (Å²) in [6, 6.07) is 22.2. The molecule has 0 aliphatic rings.